The zero-order valence-corrected chi connectivity index (χ0v) is 14.8. The van der Waals surface area contributed by atoms with Gasteiger partial charge in [0.15, 0.2) is 0 Å². The van der Waals surface area contributed by atoms with Gasteiger partial charge in [-0.3, -0.25) is 0 Å². The van der Waals surface area contributed by atoms with E-state index in [1.165, 1.54) is 12.0 Å². The van der Waals surface area contributed by atoms with E-state index in [1.807, 2.05) is 19.3 Å². The van der Waals surface area contributed by atoms with Gasteiger partial charge >= 0.3 is 6.09 Å². The molecule has 2 fully saturated rings. The Labute approximate surface area is 146 Å². The fourth-order valence-electron chi connectivity index (χ4n) is 4.05. The van der Waals surface area contributed by atoms with Crippen molar-refractivity contribution in [1.82, 2.24) is 4.90 Å². The van der Waals surface area contributed by atoms with Gasteiger partial charge in [-0.2, -0.15) is 0 Å². The highest BCUT2D eigenvalue weighted by Crippen LogP contribution is 2.42. The second-order valence-electron chi connectivity index (χ2n) is 7.47. The third-order valence-corrected chi connectivity index (χ3v) is 5.58. The van der Waals surface area contributed by atoms with Crippen LogP contribution in [0, 0.1) is 25.2 Å². The van der Waals surface area contributed by atoms with Crippen LogP contribution >= 0.6 is 0 Å². The number of carbonyl (C=O) groups excluding carboxylic acids is 1. The second kappa shape index (κ2) is 7.58. The van der Waals surface area contributed by atoms with E-state index in [0.717, 1.165) is 19.3 Å². The van der Waals surface area contributed by atoms with Gasteiger partial charge in [-0.15, -0.1) is 0 Å². The van der Waals surface area contributed by atoms with Gasteiger partial charge in [0.05, 0.1) is 0 Å². The van der Waals surface area contributed by atoms with Crippen LogP contribution in [0.15, 0.2) is 30.3 Å². The molecule has 0 bridgehead atoms. The van der Waals surface area contributed by atoms with Crippen LogP contribution in [0.1, 0.15) is 45.1 Å². The second-order valence-corrected chi connectivity index (χ2v) is 7.47. The third-order valence-electron chi connectivity index (χ3n) is 5.58. The van der Waals surface area contributed by atoms with Gasteiger partial charge in [0.25, 0.3) is 0 Å². The molecule has 1 amide bonds. The number of ether oxygens (including phenoxy) is 1. The van der Waals surface area contributed by atoms with Crippen molar-refractivity contribution in [3.05, 3.63) is 55.2 Å². The van der Waals surface area contributed by atoms with E-state index in [4.69, 9.17) is 4.74 Å². The number of likely N-dealkylation sites (tertiary alicyclic amines) is 1. The van der Waals surface area contributed by atoms with Crippen LogP contribution in [0.5, 0.6) is 0 Å². The van der Waals surface area contributed by atoms with Gasteiger partial charge in [-0.25, -0.2) is 4.79 Å². The molecule has 1 aliphatic carbocycles. The molecule has 0 spiro atoms. The largest absolute Gasteiger partial charge is 0.446 e. The summed E-state index contributed by atoms with van der Waals surface area (Å²) in [5.41, 5.74) is 1.33. The van der Waals surface area contributed by atoms with E-state index >= 15 is 0 Å². The lowest BCUT2D eigenvalue weighted by molar-refractivity contribution is -0.00483. The zero-order valence-electron chi connectivity index (χ0n) is 14.8. The van der Waals surface area contributed by atoms with Crippen molar-refractivity contribution in [2.75, 3.05) is 13.1 Å². The SMILES string of the molecule is CC(C)(c1ccccc1)[C@H]1CCCC[C@@H]1OC(=O)N1C[CH][CH][CH]C1. The fraction of sp³-hybridized carbons (Fsp3) is 0.524. The van der Waals surface area contributed by atoms with E-state index in [-0.39, 0.29) is 17.6 Å². The predicted octanol–water partition coefficient (Wildman–Crippen LogP) is 4.59. The van der Waals surface area contributed by atoms with E-state index in [1.54, 1.807) is 4.90 Å². The molecule has 2 atom stereocenters. The van der Waals surface area contributed by atoms with Crippen molar-refractivity contribution in [2.24, 2.45) is 5.92 Å². The average molecular weight is 326 g/mol. The molecule has 24 heavy (non-hydrogen) atoms. The summed E-state index contributed by atoms with van der Waals surface area (Å²) in [5, 5.41) is 0. The Hall–Kier alpha value is -1.51. The van der Waals surface area contributed by atoms with Crippen molar-refractivity contribution in [3.63, 3.8) is 0 Å². The van der Waals surface area contributed by atoms with Crippen molar-refractivity contribution < 1.29 is 9.53 Å². The molecule has 3 nitrogen and oxygen atoms in total. The number of rotatable bonds is 3. The van der Waals surface area contributed by atoms with Gasteiger partial charge < -0.3 is 9.64 Å². The predicted molar refractivity (Wildman–Crippen MR) is 96.2 cm³/mol. The highest BCUT2D eigenvalue weighted by atomic mass is 16.6. The molecular formula is C21H28NO2. The quantitative estimate of drug-likeness (QED) is 0.813. The Kier molecular flexibility index (Phi) is 5.47. The molecule has 1 saturated heterocycles. The standard InChI is InChI=1S/C21H28NO2/c1-21(2,17-11-5-3-6-12-17)18-13-7-8-14-19(18)24-20(23)22-15-9-4-10-16-22/h3-6,9-12,18-19H,7-8,13-16H2,1-2H3/t18-,19-/m0/s1. The normalized spacial score (nSPS) is 25.3. The maximum Gasteiger partial charge on any atom is 0.410 e. The summed E-state index contributed by atoms with van der Waals surface area (Å²) in [6.45, 7) is 5.87. The lowest BCUT2D eigenvalue weighted by Crippen LogP contribution is -2.45. The average Bonchev–Trinajstić information content (AvgIpc) is 2.63. The van der Waals surface area contributed by atoms with E-state index in [2.05, 4.69) is 44.2 Å². The summed E-state index contributed by atoms with van der Waals surface area (Å²) in [6.07, 6.45) is 10.3. The molecule has 0 N–H and O–H groups in total. The molecular weight excluding hydrogens is 298 g/mol. The first-order valence-electron chi connectivity index (χ1n) is 9.08. The highest BCUT2D eigenvalue weighted by molar-refractivity contribution is 5.68. The molecule has 3 rings (SSSR count). The first-order chi connectivity index (χ1) is 11.6. The summed E-state index contributed by atoms with van der Waals surface area (Å²) < 4.78 is 5.98. The van der Waals surface area contributed by atoms with Crippen molar-refractivity contribution >= 4 is 6.09 Å². The number of hydrogen-bond donors (Lipinski definition) is 0. The molecule has 1 heterocycles. The van der Waals surface area contributed by atoms with Crippen LogP contribution in [0.25, 0.3) is 0 Å². The number of hydrogen-bond acceptors (Lipinski definition) is 2. The minimum Gasteiger partial charge on any atom is -0.446 e. The van der Waals surface area contributed by atoms with Gasteiger partial charge in [0, 0.05) is 19.0 Å². The topological polar surface area (TPSA) is 29.5 Å². The number of nitrogens with zero attached hydrogens (tertiary/aromatic N) is 1. The minimum atomic E-state index is -0.170. The maximum atomic E-state index is 12.5. The molecule has 129 valence electrons. The number of amides is 1. The van der Waals surface area contributed by atoms with Crippen LogP contribution in [0.2, 0.25) is 0 Å². The molecule has 1 saturated carbocycles. The van der Waals surface area contributed by atoms with Gasteiger partial charge in [-0.05, 0) is 49.5 Å². The number of benzene rings is 1. The molecule has 1 aromatic carbocycles. The summed E-state index contributed by atoms with van der Waals surface area (Å²) in [4.78, 5) is 14.3. The smallest absolute Gasteiger partial charge is 0.410 e. The van der Waals surface area contributed by atoms with Crippen LogP contribution in [-0.4, -0.2) is 30.2 Å². The Morgan fingerprint density at radius 1 is 1.08 bits per heavy atom. The number of piperidine rings is 1. The van der Waals surface area contributed by atoms with Gasteiger partial charge in [0.2, 0.25) is 0 Å². The molecule has 1 aliphatic heterocycles. The highest BCUT2D eigenvalue weighted by Gasteiger charge is 2.40. The summed E-state index contributed by atoms with van der Waals surface area (Å²) >= 11 is 0. The first kappa shape index (κ1) is 17.3. The van der Waals surface area contributed by atoms with Crippen LogP contribution in [-0.2, 0) is 10.2 Å². The maximum absolute atomic E-state index is 12.5. The van der Waals surface area contributed by atoms with Crippen LogP contribution in [0.3, 0.4) is 0 Å². The van der Waals surface area contributed by atoms with Crippen molar-refractivity contribution in [1.29, 1.82) is 0 Å². The minimum absolute atomic E-state index is 0.000548. The zero-order chi connectivity index (χ0) is 17.0. The van der Waals surface area contributed by atoms with Crippen molar-refractivity contribution in [2.45, 2.75) is 51.0 Å². The Morgan fingerprint density at radius 3 is 2.46 bits per heavy atom. The van der Waals surface area contributed by atoms with Gasteiger partial charge in [0.1, 0.15) is 6.10 Å². The summed E-state index contributed by atoms with van der Waals surface area (Å²) in [7, 11) is 0. The monoisotopic (exact) mass is 326 g/mol. The Morgan fingerprint density at radius 2 is 1.75 bits per heavy atom. The third kappa shape index (κ3) is 3.76. The van der Waals surface area contributed by atoms with E-state index in [9.17, 15) is 4.79 Å². The van der Waals surface area contributed by atoms with Crippen LogP contribution in [0.4, 0.5) is 4.79 Å². The molecule has 0 aromatic heterocycles. The molecule has 3 radical (unpaired) electrons. The number of carbonyl (C=O) groups is 1. The molecule has 2 aliphatic rings. The molecule has 3 heteroatoms. The van der Waals surface area contributed by atoms with Crippen LogP contribution < -0.4 is 0 Å². The van der Waals surface area contributed by atoms with E-state index < -0.39 is 0 Å². The molecule has 0 unspecified atom stereocenters. The van der Waals surface area contributed by atoms with E-state index in [0.29, 0.717) is 19.0 Å². The Bertz CT molecular complexity index is 534. The lowest BCUT2D eigenvalue weighted by atomic mass is 9.66. The Balaban J connectivity index is 1.72. The summed E-state index contributed by atoms with van der Waals surface area (Å²) in [5.74, 6) is 0.363. The first-order valence-corrected chi connectivity index (χ1v) is 9.08. The molecule has 1 aromatic rings. The lowest BCUT2D eigenvalue weighted by Gasteiger charge is -2.43. The summed E-state index contributed by atoms with van der Waals surface area (Å²) in [6, 6.07) is 10.6. The van der Waals surface area contributed by atoms with Gasteiger partial charge in [-0.1, -0.05) is 50.6 Å². The fourth-order valence-corrected chi connectivity index (χ4v) is 4.05. The van der Waals surface area contributed by atoms with Crippen molar-refractivity contribution in [3.8, 4) is 0 Å².